The van der Waals surface area contributed by atoms with Crippen LogP contribution in [-0.4, -0.2) is 43.2 Å². The van der Waals surface area contributed by atoms with E-state index in [2.05, 4.69) is 6.58 Å². The predicted octanol–water partition coefficient (Wildman–Crippen LogP) is 2.63. The van der Waals surface area contributed by atoms with Crippen LogP contribution in [0.3, 0.4) is 0 Å². The Morgan fingerprint density at radius 3 is 2.58 bits per heavy atom. The summed E-state index contributed by atoms with van der Waals surface area (Å²) >= 11 is 0. The molecule has 2 unspecified atom stereocenters. The molecule has 138 valence electrons. The van der Waals surface area contributed by atoms with Gasteiger partial charge in [0.15, 0.2) is 7.98 Å². The molecule has 2 rings (SSSR count). The standard InChI is InChI=1S/C18H19BF3NO3/c1-2-12-26-16(25)17(10-11-23(19)15(17)24)9-3-4-13-5-7-14(8-6-13)18(20,21)22/h2-3,5-9,15,24H,1,4,10-12H2. The molecule has 0 saturated carbocycles. The van der Waals surface area contributed by atoms with E-state index in [0.717, 1.165) is 16.9 Å². The molecule has 26 heavy (non-hydrogen) atoms. The van der Waals surface area contributed by atoms with Crippen molar-refractivity contribution in [1.82, 2.24) is 4.81 Å². The van der Waals surface area contributed by atoms with Gasteiger partial charge in [0, 0.05) is 0 Å². The fourth-order valence-corrected chi connectivity index (χ4v) is 2.81. The predicted molar refractivity (Wildman–Crippen MR) is 91.0 cm³/mol. The van der Waals surface area contributed by atoms with Gasteiger partial charge in [0.05, 0.1) is 5.56 Å². The number of alkyl halides is 3. The second kappa shape index (κ2) is 8.10. The van der Waals surface area contributed by atoms with E-state index in [1.54, 1.807) is 6.08 Å². The third-order valence-corrected chi connectivity index (χ3v) is 4.32. The Morgan fingerprint density at radius 1 is 1.42 bits per heavy atom. The van der Waals surface area contributed by atoms with Gasteiger partial charge in [-0.1, -0.05) is 36.9 Å². The summed E-state index contributed by atoms with van der Waals surface area (Å²) in [6.07, 6.45) is -0.502. The summed E-state index contributed by atoms with van der Waals surface area (Å²) < 4.78 is 42.8. The van der Waals surface area contributed by atoms with E-state index in [4.69, 9.17) is 12.7 Å². The summed E-state index contributed by atoms with van der Waals surface area (Å²) in [7, 11) is 5.68. The maximum Gasteiger partial charge on any atom is 0.416 e. The van der Waals surface area contributed by atoms with E-state index in [9.17, 15) is 23.1 Å². The number of benzene rings is 1. The van der Waals surface area contributed by atoms with Gasteiger partial charge in [-0.25, -0.2) is 0 Å². The first kappa shape index (κ1) is 20.3. The first-order valence-corrected chi connectivity index (χ1v) is 8.02. The zero-order valence-corrected chi connectivity index (χ0v) is 14.1. The van der Waals surface area contributed by atoms with E-state index >= 15 is 0 Å². The summed E-state index contributed by atoms with van der Waals surface area (Å²) in [5, 5.41) is 10.3. The molecule has 1 saturated heterocycles. The summed E-state index contributed by atoms with van der Waals surface area (Å²) in [6.45, 7) is 3.77. The van der Waals surface area contributed by atoms with Gasteiger partial charge >= 0.3 is 12.1 Å². The first-order valence-electron chi connectivity index (χ1n) is 8.02. The van der Waals surface area contributed by atoms with Crippen molar-refractivity contribution >= 4 is 14.0 Å². The highest BCUT2D eigenvalue weighted by Gasteiger charge is 2.50. The zero-order valence-electron chi connectivity index (χ0n) is 14.1. The van der Waals surface area contributed by atoms with Gasteiger partial charge in [0.25, 0.3) is 0 Å². The fraction of sp³-hybridized carbons (Fsp3) is 0.389. The first-order chi connectivity index (χ1) is 12.2. The summed E-state index contributed by atoms with van der Waals surface area (Å²) in [5.74, 6) is -0.624. The van der Waals surface area contributed by atoms with Crippen LogP contribution in [0.4, 0.5) is 13.2 Å². The second-order valence-corrected chi connectivity index (χ2v) is 6.09. The molecule has 0 spiro atoms. The number of hydrogen-bond acceptors (Lipinski definition) is 4. The van der Waals surface area contributed by atoms with Gasteiger partial charge in [-0.05, 0) is 37.1 Å². The van der Waals surface area contributed by atoms with Crippen molar-refractivity contribution in [2.24, 2.45) is 5.41 Å². The molecule has 1 aromatic carbocycles. The zero-order chi connectivity index (χ0) is 19.4. The molecule has 0 aromatic heterocycles. The van der Waals surface area contributed by atoms with Crippen molar-refractivity contribution in [1.29, 1.82) is 0 Å². The Kier molecular flexibility index (Phi) is 6.31. The molecule has 0 bridgehead atoms. The fourth-order valence-electron chi connectivity index (χ4n) is 2.81. The van der Waals surface area contributed by atoms with Gasteiger partial charge in [0.1, 0.15) is 18.2 Å². The van der Waals surface area contributed by atoms with Crippen LogP contribution in [0.15, 0.2) is 49.1 Å². The molecule has 1 aliphatic rings. The van der Waals surface area contributed by atoms with Gasteiger partial charge in [-0.2, -0.15) is 13.2 Å². The molecule has 8 heteroatoms. The minimum atomic E-state index is -4.38. The number of rotatable bonds is 6. The van der Waals surface area contributed by atoms with Crippen LogP contribution in [0.25, 0.3) is 0 Å². The highest BCUT2D eigenvalue weighted by molar-refractivity contribution is 6.05. The summed E-state index contributed by atoms with van der Waals surface area (Å²) in [4.78, 5) is 13.5. The van der Waals surface area contributed by atoms with Crippen LogP contribution in [-0.2, 0) is 22.1 Å². The van der Waals surface area contributed by atoms with Crippen LogP contribution in [0.1, 0.15) is 17.5 Å². The van der Waals surface area contributed by atoms with Gasteiger partial charge in [-0.3, -0.25) is 4.79 Å². The topological polar surface area (TPSA) is 49.8 Å². The molecule has 0 aliphatic carbocycles. The smallest absolute Gasteiger partial charge is 0.416 e. The molecule has 1 aliphatic heterocycles. The molecule has 0 amide bonds. The van der Waals surface area contributed by atoms with Crippen molar-refractivity contribution in [2.75, 3.05) is 13.2 Å². The maximum atomic E-state index is 12.6. The lowest BCUT2D eigenvalue weighted by Gasteiger charge is -2.29. The third-order valence-electron chi connectivity index (χ3n) is 4.32. The Morgan fingerprint density at radius 2 is 2.08 bits per heavy atom. The Balaban J connectivity index is 2.13. The third kappa shape index (κ3) is 4.37. The van der Waals surface area contributed by atoms with Gasteiger partial charge in [0.2, 0.25) is 0 Å². The minimum absolute atomic E-state index is 0.00458. The summed E-state index contributed by atoms with van der Waals surface area (Å²) in [6, 6.07) is 4.75. The second-order valence-electron chi connectivity index (χ2n) is 6.09. The van der Waals surface area contributed by atoms with Crippen LogP contribution < -0.4 is 0 Å². The average molecular weight is 365 g/mol. The Hall–Kier alpha value is -2.06. The van der Waals surface area contributed by atoms with Gasteiger partial charge in [-0.15, -0.1) is 0 Å². The number of halogens is 3. The lowest BCUT2D eigenvalue weighted by molar-refractivity contribution is -0.158. The van der Waals surface area contributed by atoms with Crippen LogP contribution in [0, 0.1) is 5.41 Å². The lowest BCUT2D eigenvalue weighted by atomic mass is 9.84. The van der Waals surface area contributed by atoms with E-state index < -0.39 is 29.4 Å². The Labute approximate surface area is 151 Å². The number of ether oxygens (including phenoxy) is 1. The van der Waals surface area contributed by atoms with E-state index in [1.807, 2.05) is 0 Å². The molecule has 1 N–H and O–H groups in total. The number of nitrogens with zero attached hydrogens (tertiary/aromatic N) is 1. The van der Waals surface area contributed by atoms with E-state index in [0.29, 0.717) is 18.5 Å². The molecular weight excluding hydrogens is 346 g/mol. The number of aliphatic hydroxyl groups is 1. The molecule has 4 nitrogen and oxygen atoms in total. The molecule has 1 heterocycles. The highest BCUT2D eigenvalue weighted by atomic mass is 19.4. The minimum Gasteiger partial charge on any atom is -0.461 e. The van der Waals surface area contributed by atoms with Crippen LogP contribution in [0.2, 0.25) is 0 Å². The SMILES string of the molecule is [B]N1CCC(C=CCc2ccc(C(F)(F)F)cc2)(C(=O)OCC=C)C1O. The monoisotopic (exact) mass is 365 g/mol. The highest BCUT2D eigenvalue weighted by Crippen LogP contribution is 2.38. The molecule has 1 fully saturated rings. The van der Waals surface area contributed by atoms with Crippen molar-refractivity contribution in [3.05, 3.63) is 60.2 Å². The van der Waals surface area contributed by atoms with E-state index in [-0.39, 0.29) is 13.0 Å². The molecule has 2 atom stereocenters. The largest absolute Gasteiger partial charge is 0.461 e. The van der Waals surface area contributed by atoms with Crippen LogP contribution >= 0.6 is 0 Å². The molecular formula is C18H19BF3NO3. The number of aliphatic hydroxyl groups excluding tert-OH is 1. The average Bonchev–Trinajstić information content (AvgIpc) is 2.89. The summed E-state index contributed by atoms with van der Waals surface area (Å²) in [5.41, 5.74) is -1.40. The Bertz CT molecular complexity index is 675. The molecule has 1 aromatic rings. The molecule has 2 radical (unpaired) electrons. The number of carbonyl (C=O) groups is 1. The quantitative estimate of drug-likeness (QED) is 0.479. The van der Waals surface area contributed by atoms with Crippen molar-refractivity contribution in [3.63, 3.8) is 0 Å². The van der Waals surface area contributed by atoms with Gasteiger partial charge < -0.3 is 14.7 Å². The number of hydrogen-bond donors (Lipinski definition) is 1. The number of allylic oxidation sites excluding steroid dienone is 1. The van der Waals surface area contributed by atoms with E-state index in [1.165, 1.54) is 24.3 Å². The lowest BCUT2D eigenvalue weighted by Crippen LogP contribution is -2.43. The van der Waals surface area contributed by atoms with Crippen molar-refractivity contribution in [2.45, 2.75) is 25.2 Å². The number of carbonyl (C=O) groups excluding carboxylic acids is 1. The van der Waals surface area contributed by atoms with Crippen LogP contribution in [0.5, 0.6) is 0 Å². The van der Waals surface area contributed by atoms with Crippen molar-refractivity contribution < 1.29 is 27.8 Å². The maximum absolute atomic E-state index is 12.6. The number of esters is 1. The van der Waals surface area contributed by atoms with Crippen molar-refractivity contribution in [3.8, 4) is 0 Å². The normalized spacial score (nSPS) is 24.1.